The lowest BCUT2D eigenvalue weighted by atomic mass is 9.94. The number of hydrogen-bond acceptors (Lipinski definition) is 3. The van der Waals surface area contributed by atoms with Gasteiger partial charge in [-0.25, -0.2) is 4.39 Å². The summed E-state index contributed by atoms with van der Waals surface area (Å²) >= 11 is 0. The third-order valence-electron chi connectivity index (χ3n) is 4.11. The third-order valence-corrected chi connectivity index (χ3v) is 4.11. The van der Waals surface area contributed by atoms with Crippen LogP contribution in [0.1, 0.15) is 25.0 Å². The van der Waals surface area contributed by atoms with Gasteiger partial charge in [0.2, 0.25) is 0 Å². The Bertz CT molecular complexity index is 779. The number of nitrogens with zero attached hydrogens (tertiary/aromatic N) is 1. The summed E-state index contributed by atoms with van der Waals surface area (Å²) in [4.78, 5) is 4.60. The van der Waals surface area contributed by atoms with Crippen LogP contribution in [-0.2, 0) is 6.42 Å². The van der Waals surface area contributed by atoms with Gasteiger partial charge in [0.05, 0.1) is 6.54 Å². The van der Waals surface area contributed by atoms with Gasteiger partial charge in [0.15, 0.2) is 0 Å². The molecule has 1 heterocycles. The maximum atomic E-state index is 14.1. The molecule has 0 saturated heterocycles. The Hall–Kier alpha value is -2.62. The Kier molecular flexibility index (Phi) is 5.17. The lowest BCUT2D eigenvalue weighted by Crippen LogP contribution is -2.44. The van der Waals surface area contributed by atoms with Crippen molar-refractivity contribution < 1.29 is 4.39 Å². The molecule has 25 heavy (non-hydrogen) atoms. The van der Waals surface area contributed by atoms with Crippen molar-refractivity contribution in [3.63, 3.8) is 0 Å². The minimum Gasteiger partial charge on any atom is -0.383 e. The fourth-order valence-electron chi connectivity index (χ4n) is 3.03. The van der Waals surface area contributed by atoms with Crippen LogP contribution < -0.4 is 10.6 Å². The number of nitrogens with one attached hydrogen (secondary N) is 2. The van der Waals surface area contributed by atoms with Crippen molar-refractivity contribution in [3.8, 4) is 0 Å². The maximum Gasteiger partial charge on any atom is 0.132 e. The summed E-state index contributed by atoms with van der Waals surface area (Å²) in [6, 6.07) is 17.2. The van der Waals surface area contributed by atoms with Crippen molar-refractivity contribution in [1.29, 1.82) is 0 Å². The molecule has 3 nitrogen and oxygen atoms in total. The molecule has 2 N–H and O–H groups in total. The van der Waals surface area contributed by atoms with Gasteiger partial charge >= 0.3 is 0 Å². The highest BCUT2D eigenvalue weighted by Gasteiger charge is 2.20. The Labute approximate surface area is 148 Å². The second kappa shape index (κ2) is 7.51. The van der Waals surface area contributed by atoms with E-state index in [1.165, 1.54) is 11.6 Å². The van der Waals surface area contributed by atoms with E-state index in [9.17, 15) is 4.39 Å². The van der Waals surface area contributed by atoms with Crippen LogP contribution in [0.5, 0.6) is 0 Å². The molecule has 130 valence electrons. The van der Waals surface area contributed by atoms with Crippen LogP contribution in [-0.4, -0.2) is 24.5 Å². The van der Waals surface area contributed by atoms with Gasteiger partial charge in [0, 0.05) is 29.4 Å². The molecule has 0 unspecified atom stereocenters. The summed E-state index contributed by atoms with van der Waals surface area (Å²) in [5.74, 6) is 0.551. The molecule has 0 aliphatic carbocycles. The molecular weight excluding hydrogens is 313 g/mol. The average molecular weight is 337 g/mol. The topological polar surface area (TPSA) is 36.4 Å². The van der Waals surface area contributed by atoms with Crippen LogP contribution in [0.15, 0.2) is 65.7 Å². The lowest BCUT2D eigenvalue weighted by molar-refractivity contribution is 0.458. The minimum atomic E-state index is -0.231. The average Bonchev–Trinajstić information content (AvgIpc) is 2.80. The van der Waals surface area contributed by atoms with E-state index in [0.717, 1.165) is 18.0 Å². The molecule has 1 aliphatic heterocycles. The Morgan fingerprint density at radius 2 is 1.80 bits per heavy atom. The molecule has 0 bridgehead atoms. The zero-order valence-corrected chi connectivity index (χ0v) is 14.7. The zero-order valence-electron chi connectivity index (χ0n) is 14.7. The molecule has 3 rings (SSSR count). The molecule has 0 radical (unpaired) electrons. The number of halogens is 1. The smallest absolute Gasteiger partial charge is 0.132 e. The van der Waals surface area contributed by atoms with Gasteiger partial charge in [-0.1, -0.05) is 42.5 Å². The van der Waals surface area contributed by atoms with E-state index in [0.29, 0.717) is 18.7 Å². The standard InChI is InChI=1S/C21H24FN3/c1-21(2,15-16-8-4-3-5-9-16)25-20-14-19(23-12-13-24-20)17-10-6-7-11-18(17)22/h3-11,14,23H,12-13,15H2,1-2H3,(H,24,25). The maximum absolute atomic E-state index is 14.1. The first-order valence-electron chi connectivity index (χ1n) is 8.60. The Morgan fingerprint density at radius 1 is 1.08 bits per heavy atom. The highest BCUT2D eigenvalue weighted by molar-refractivity contribution is 5.99. The number of benzene rings is 2. The van der Waals surface area contributed by atoms with E-state index in [4.69, 9.17) is 0 Å². The van der Waals surface area contributed by atoms with E-state index < -0.39 is 0 Å². The first-order chi connectivity index (χ1) is 12.0. The molecule has 4 heteroatoms. The summed E-state index contributed by atoms with van der Waals surface area (Å²) in [6.45, 7) is 5.64. The van der Waals surface area contributed by atoms with Gasteiger partial charge in [-0.05, 0) is 38.0 Å². The summed E-state index contributed by atoms with van der Waals surface area (Å²) in [6.07, 6.45) is 2.78. The number of rotatable bonds is 4. The van der Waals surface area contributed by atoms with E-state index in [-0.39, 0.29) is 11.4 Å². The predicted molar refractivity (Wildman–Crippen MR) is 102 cm³/mol. The quantitative estimate of drug-likeness (QED) is 0.891. The molecule has 0 fully saturated rings. The molecule has 0 amide bonds. The van der Waals surface area contributed by atoms with E-state index in [2.05, 4.69) is 53.7 Å². The van der Waals surface area contributed by atoms with Crippen molar-refractivity contribution in [3.05, 3.63) is 77.6 Å². The van der Waals surface area contributed by atoms with E-state index in [1.807, 2.05) is 18.2 Å². The molecule has 2 aromatic carbocycles. The summed E-state index contributed by atoms with van der Waals surface area (Å²) in [7, 11) is 0. The van der Waals surface area contributed by atoms with Crippen LogP contribution in [0.2, 0.25) is 0 Å². The van der Waals surface area contributed by atoms with Crippen molar-refractivity contribution in [2.75, 3.05) is 13.1 Å². The molecule has 1 aliphatic rings. The number of amidine groups is 1. The molecule has 0 atom stereocenters. The second-order valence-electron chi connectivity index (χ2n) is 6.90. The third kappa shape index (κ3) is 4.69. The van der Waals surface area contributed by atoms with Gasteiger partial charge in [-0.15, -0.1) is 0 Å². The van der Waals surface area contributed by atoms with Crippen LogP contribution >= 0.6 is 0 Å². The summed E-state index contributed by atoms with van der Waals surface area (Å²) in [5, 5.41) is 6.78. The Morgan fingerprint density at radius 3 is 2.56 bits per heavy atom. The molecule has 0 spiro atoms. The molecule has 2 aromatic rings. The molecular formula is C21H24FN3. The molecule has 0 saturated carbocycles. The van der Waals surface area contributed by atoms with Crippen molar-refractivity contribution >= 4 is 11.5 Å². The van der Waals surface area contributed by atoms with Crippen molar-refractivity contribution in [2.45, 2.75) is 25.8 Å². The van der Waals surface area contributed by atoms with Crippen LogP contribution in [0.4, 0.5) is 4.39 Å². The van der Waals surface area contributed by atoms with Crippen molar-refractivity contribution in [1.82, 2.24) is 10.6 Å². The fourth-order valence-corrected chi connectivity index (χ4v) is 3.03. The number of aliphatic imine (C=N–C) groups is 1. The van der Waals surface area contributed by atoms with E-state index in [1.54, 1.807) is 12.1 Å². The predicted octanol–water partition coefficient (Wildman–Crippen LogP) is 3.78. The number of hydrogen-bond donors (Lipinski definition) is 2. The van der Waals surface area contributed by atoms with Gasteiger partial charge in [0.1, 0.15) is 11.7 Å². The van der Waals surface area contributed by atoms with Gasteiger partial charge in [0.25, 0.3) is 0 Å². The van der Waals surface area contributed by atoms with Gasteiger partial charge in [-0.2, -0.15) is 0 Å². The summed E-state index contributed by atoms with van der Waals surface area (Å²) < 4.78 is 14.1. The van der Waals surface area contributed by atoms with Crippen LogP contribution in [0.3, 0.4) is 0 Å². The van der Waals surface area contributed by atoms with Crippen molar-refractivity contribution in [2.24, 2.45) is 4.99 Å². The lowest BCUT2D eigenvalue weighted by Gasteiger charge is -2.27. The minimum absolute atomic E-state index is 0.165. The normalized spacial score (nSPS) is 14.8. The largest absolute Gasteiger partial charge is 0.383 e. The van der Waals surface area contributed by atoms with E-state index >= 15 is 0 Å². The first kappa shape index (κ1) is 17.2. The Balaban J connectivity index is 1.79. The van der Waals surface area contributed by atoms with Gasteiger partial charge in [-0.3, -0.25) is 4.99 Å². The zero-order chi connectivity index (χ0) is 17.7. The van der Waals surface area contributed by atoms with Crippen LogP contribution in [0.25, 0.3) is 5.70 Å². The highest BCUT2D eigenvalue weighted by Crippen LogP contribution is 2.18. The highest BCUT2D eigenvalue weighted by atomic mass is 19.1. The monoisotopic (exact) mass is 337 g/mol. The van der Waals surface area contributed by atoms with Crippen LogP contribution in [0, 0.1) is 5.82 Å². The second-order valence-corrected chi connectivity index (χ2v) is 6.90. The summed E-state index contributed by atoms with van der Waals surface area (Å²) in [5.41, 5.74) is 2.43. The van der Waals surface area contributed by atoms with Gasteiger partial charge < -0.3 is 10.6 Å². The first-order valence-corrected chi connectivity index (χ1v) is 8.60. The fraction of sp³-hybridized carbons (Fsp3) is 0.286. The molecule has 0 aromatic heterocycles. The SMILES string of the molecule is CC(C)(Cc1ccccc1)NC1=NCCNC(c2ccccc2F)=C1.